The maximum Gasteiger partial charge on any atom is 0.308 e. The summed E-state index contributed by atoms with van der Waals surface area (Å²) in [6, 6.07) is 0. The van der Waals surface area contributed by atoms with Gasteiger partial charge in [0.1, 0.15) is 0 Å². The number of carbonyl (C=O) groups is 1. The predicted octanol–water partition coefficient (Wildman–Crippen LogP) is 4.96. The first kappa shape index (κ1) is 17.5. The first-order valence-electron chi connectivity index (χ1n) is 7.74. The zero-order valence-corrected chi connectivity index (χ0v) is 12.8. The molecule has 2 heteroatoms. The van der Waals surface area contributed by atoms with E-state index in [1.54, 1.807) is 0 Å². The molecule has 0 rings (SSSR count). The van der Waals surface area contributed by atoms with Crippen LogP contribution in [0.1, 0.15) is 79.1 Å². The fraction of sp³-hybridized carbons (Fsp3) is 0.938. The van der Waals surface area contributed by atoms with Gasteiger partial charge in [-0.1, -0.05) is 66.2 Å². The lowest BCUT2D eigenvalue weighted by Crippen LogP contribution is -2.15. The smallest absolute Gasteiger partial charge is 0.308 e. The lowest BCUT2D eigenvalue weighted by Gasteiger charge is -2.11. The van der Waals surface area contributed by atoms with Crippen LogP contribution in [0, 0.1) is 11.8 Å². The van der Waals surface area contributed by atoms with Crippen molar-refractivity contribution in [3.05, 3.63) is 0 Å². The summed E-state index contributed by atoms with van der Waals surface area (Å²) >= 11 is 0. The molecule has 108 valence electrons. The van der Waals surface area contributed by atoms with Crippen LogP contribution in [0.2, 0.25) is 0 Å². The van der Waals surface area contributed by atoms with Gasteiger partial charge in [0, 0.05) is 0 Å². The highest BCUT2D eigenvalue weighted by Gasteiger charge is 2.13. The maximum absolute atomic E-state index is 11.7. The quantitative estimate of drug-likeness (QED) is 0.385. The van der Waals surface area contributed by atoms with Crippen LogP contribution in [0.4, 0.5) is 0 Å². The third-order valence-electron chi connectivity index (χ3n) is 3.31. The largest absolute Gasteiger partial charge is 0.465 e. The van der Waals surface area contributed by atoms with Gasteiger partial charge in [0.25, 0.3) is 0 Å². The van der Waals surface area contributed by atoms with E-state index in [0.717, 1.165) is 25.2 Å². The van der Waals surface area contributed by atoms with Crippen molar-refractivity contribution in [2.24, 2.45) is 11.8 Å². The molecule has 0 aliphatic heterocycles. The molecule has 0 aliphatic rings. The number of rotatable bonds is 11. The molecule has 18 heavy (non-hydrogen) atoms. The summed E-state index contributed by atoms with van der Waals surface area (Å²) in [5, 5.41) is 0. The molecule has 0 fully saturated rings. The van der Waals surface area contributed by atoms with E-state index < -0.39 is 0 Å². The monoisotopic (exact) mass is 256 g/mol. The maximum atomic E-state index is 11.7. The van der Waals surface area contributed by atoms with Crippen molar-refractivity contribution in [1.82, 2.24) is 0 Å². The topological polar surface area (TPSA) is 26.3 Å². The molecule has 0 N–H and O–H groups in total. The Morgan fingerprint density at radius 3 is 2.22 bits per heavy atom. The van der Waals surface area contributed by atoms with Gasteiger partial charge < -0.3 is 4.74 Å². The van der Waals surface area contributed by atoms with E-state index in [1.807, 2.05) is 6.92 Å². The van der Waals surface area contributed by atoms with Gasteiger partial charge >= 0.3 is 5.97 Å². The highest BCUT2D eigenvalue weighted by atomic mass is 16.5. The Morgan fingerprint density at radius 2 is 1.61 bits per heavy atom. The fourth-order valence-electron chi connectivity index (χ4n) is 1.96. The van der Waals surface area contributed by atoms with E-state index in [9.17, 15) is 4.79 Å². The minimum Gasteiger partial charge on any atom is -0.465 e. The van der Waals surface area contributed by atoms with Crippen molar-refractivity contribution in [3.8, 4) is 0 Å². The third-order valence-corrected chi connectivity index (χ3v) is 3.31. The second-order valence-electron chi connectivity index (χ2n) is 5.81. The lowest BCUT2D eigenvalue weighted by atomic mass is 10.0. The van der Waals surface area contributed by atoms with Crippen LogP contribution in [0.5, 0.6) is 0 Å². The first-order valence-corrected chi connectivity index (χ1v) is 7.74. The van der Waals surface area contributed by atoms with Crippen LogP contribution in [0.15, 0.2) is 0 Å². The van der Waals surface area contributed by atoms with Gasteiger partial charge in [-0.3, -0.25) is 4.79 Å². The van der Waals surface area contributed by atoms with Crippen LogP contribution in [0.25, 0.3) is 0 Å². The van der Waals surface area contributed by atoms with E-state index in [1.165, 1.54) is 32.1 Å². The lowest BCUT2D eigenvalue weighted by molar-refractivity contribution is -0.148. The highest BCUT2D eigenvalue weighted by molar-refractivity contribution is 5.71. The molecule has 0 bridgehead atoms. The molecule has 1 unspecified atom stereocenters. The molecule has 0 aromatic carbocycles. The average molecular weight is 256 g/mol. The van der Waals surface area contributed by atoms with Gasteiger partial charge in [-0.2, -0.15) is 0 Å². The van der Waals surface area contributed by atoms with Gasteiger partial charge in [0.05, 0.1) is 12.5 Å². The van der Waals surface area contributed by atoms with Crippen molar-refractivity contribution in [2.45, 2.75) is 79.1 Å². The molecule has 0 saturated carbocycles. The van der Waals surface area contributed by atoms with E-state index in [-0.39, 0.29) is 11.9 Å². The van der Waals surface area contributed by atoms with Gasteiger partial charge in [0.2, 0.25) is 0 Å². The number of carbonyl (C=O) groups excluding carboxylic acids is 1. The van der Waals surface area contributed by atoms with Gasteiger partial charge in [-0.25, -0.2) is 0 Å². The Balaban J connectivity index is 3.40. The molecular formula is C16H32O2. The standard InChI is InChI=1S/C16H32O2/c1-5-6-8-12-15(4)16(17)18-13-10-7-9-11-14(2)3/h14-15H,5-13H2,1-4H3. The average Bonchev–Trinajstić information content (AvgIpc) is 2.33. The summed E-state index contributed by atoms with van der Waals surface area (Å²) in [6.07, 6.45) is 9.25. The summed E-state index contributed by atoms with van der Waals surface area (Å²) in [5.74, 6) is 0.855. The van der Waals surface area contributed by atoms with E-state index in [4.69, 9.17) is 4.74 Å². The third kappa shape index (κ3) is 10.6. The summed E-state index contributed by atoms with van der Waals surface area (Å²) < 4.78 is 5.30. The Kier molecular flexibility index (Phi) is 11.2. The van der Waals surface area contributed by atoms with Crippen LogP contribution < -0.4 is 0 Å². The number of hydrogen-bond acceptors (Lipinski definition) is 2. The fourth-order valence-corrected chi connectivity index (χ4v) is 1.96. The van der Waals surface area contributed by atoms with Crippen molar-refractivity contribution in [1.29, 1.82) is 0 Å². The Bertz CT molecular complexity index is 199. The summed E-state index contributed by atoms with van der Waals surface area (Å²) in [4.78, 5) is 11.7. The van der Waals surface area contributed by atoms with E-state index >= 15 is 0 Å². The number of ether oxygens (including phenoxy) is 1. The Hall–Kier alpha value is -0.530. The molecule has 0 saturated heterocycles. The van der Waals surface area contributed by atoms with Gasteiger partial charge in [-0.15, -0.1) is 0 Å². The molecule has 1 atom stereocenters. The van der Waals surface area contributed by atoms with Crippen molar-refractivity contribution >= 4 is 5.97 Å². The van der Waals surface area contributed by atoms with Crippen molar-refractivity contribution in [2.75, 3.05) is 6.61 Å². The van der Waals surface area contributed by atoms with Gasteiger partial charge in [-0.05, 0) is 18.8 Å². The zero-order chi connectivity index (χ0) is 13.8. The van der Waals surface area contributed by atoms with Gasteiger partial charge in [0.15, 0.2) is 0 Å². The molecule has 0 amide bonds. The van der Waals surface area contributed by atoms with Crippen molar-refractivity contribution < 1.29 is 9.53 Å². The molecular weight excluding hydrogens is 224 g/mol. The van der Waals surface area contributed by atoms with Crippen LogP contribution in [0.3, 0.4) is 0 Å². The molecule has 0 aromatic rings. The minimum absolute atomic E-state index is 0.00466. The number of hydrogen-bond donors (Lipinski definition) is 0. The normalized spacial score (nSPS) is 12.7. The summed E-state index contributed by atoms with van der Waals surface area (Å²) in [6.45, 7) is 9.27. The number of unbranched alkanes of at least 4 members (excludes halogenated alkanes) is 4. The van der Waals surface area contributed by atoms with Crippen LogP contribution in [-0.2, 0) is 9.53 Å². The van der Waals surface area contributed by atoms with E-state index in [2.05, 4.69) is 20.8 Å². The Labute approximate surface area is 113 Å². The molecule has 0 heterocycles. The van der Waals surface area contributed by atoms with Crippen LogP contribution in [-0.4, -0.2) is 12.6 Å². The summed E-state index contributed by atoms with van der Waals surface area (Å²) in [5.41, 5.74) is 0. The summed E-state index contributed by atoms with van der Waals surface area (Å²) in [7, 11) is 0. The molecule has 0 spiro atoms. The highest BCUT2D eigenvalue weighted by Crippen LogP contribution is 2.12. The van der Waals surface area contributed by atoms with Crippen molar-refractivity contribution in [3.63, 3.8) is 0 Å². The predicted molar refractivity (Wildman–Crippen MR) is 77.6 cm³/mol. The zero-order valence-electron chi connectivity index (χ0n) is 12.8. The SMILES string of the molecule is CCCCCC(C)C(=O)OCCCCCC(C)C. The second kappa shape index (κ2) is 11.6. The number of esters is 1. The molecule has 2 nitrogen and oxygen atoms in total. The first-order chi connectivity index (χ1) is 8.57. The minimum atomic E-state index is -0.00466. The van der Waals surface area contributed by atoms with E-state index in [0.29, 0.717) is 6.61 Å². The molecule has 0 aromatic heterocycles. The Morgan fingerprint density at radius 1 is 0.944 bits per heavy atom. The molecule has 0 aliphatic carbocycles. The second-order valence-corrected chi connectivity index (χ2v) is 5.81. The molecule has 0 radical (unpaired) electrons. The van der Waals surface area contributed by atoms with Crippen LogP contribution >= 0.6 is 0 Å².